The van der Waals surface area contributed by atoms with Gasteiger partial charge in [-0.25, -0.2) is 8.42 Å². The van der Waals surface area contributed by atoms with Crippen LogP contribution in [0.1, 0.15) is 52.9 Å². The van der Waals surface area contributed by atoms with Crippen LogP contribution < -0.4 is 5.32 Å². The van der Waals surface area contributed by atoms with Gasteiger partial charge < -0.3 is 5.32 Å². The van der Waals surface area contributed by atoms with Gasteiger partial charge in [0.25, 0.3) is 0 Å². The van der Waals surface area contributed by atoms with E-state index in [4.69, 9.17) is 0 Å². The summed E-state index contributed by atoms with van der Waals surface area (Å²) in [6, 6.07) is 0. The Morgan fingerprint density at radius 3 is 2.05 bits per heavy atom. The van der Waals surface area contributed by atoms with Gasteiger partial charge in [0.1, 0.15) is 0 Å². The topological polar surface area (TPSA) is 63.2 Å². The van der Waals surface area contributed by atoms with E-state index < -0.39 is 14.6 Å². The van der Waals surface area contributed by atoms with E-state index in [-0.39, 0.29) is 18.2 Å². The molecule has 0 aromatic heterocycles. The number of carbonyl (C=O) groups excluding carboxylic acids is 1. The van der Waals surface area contributed by atoms with E-state index in [2.05, 4.69) is 5.32 Å². The van der Waals surface area contributed by atoms with Gasteiger partial charge >= 0.3 is 0 Å². The molecule has 1 amide bonds. The summed E-state index contributed by atoms with van der Waals surface area (Å²) in [6.45, 7) is 5.32. The van der Waals surface area contributed by atoms with Gasteiger partial charge in [-0.15, -0.1) is 0 Å². The number of hydrogen-bond donors (Lipinski definition) is 1. The Kier molecular flexibility index (Phi) is 4.47. The van der Waals surface area contributed by atoms with Crippen molar-refractivity contribution >= 4 is 15.7 Å². The lowest BCUT2D eigenvalue weighted by molar-refractivity contribution is -0.122. The van der Waals surface area contributed by atoms with E-state index >= 15 is 0 Å². The number of rotatable bonds is 7. The Hall–Kier alpha value is -0.580. The minimum Gasteiger partial charge on any atom is -0.355 e. The number of hydrogen-bond acceptors (Lipinski definition) is 3. The number of nitrogens with one attached hydrogen (secondary N) is 1. The molecule has 0 aliphatic heterocycles. The molecule has 5 heteroatoms. The van der Waals surface area contributed by atoms with E-state index in [0.29, 0.717) is 12.3 Å². The van der Waals surface area contributed by atoms with Gasteiger partial charge in [-0.2, -0.15) is 0 Å². The fraction of sp³-hybridized carbons (Fsp3) is 0.933. The Bertz CT molecular complexity index is 444. The third-order valence-corrected chi connectivity index (χ3v) is 7.11. The summed E-state index contributed by atoms with van der Waals surface area (Å²) in [6.07, 6.45) is 5.67. The minimum absolute atomic E-state index is 0.0258. The highest BCUT2D eigenvalue weighted by atomic mass is 32.2. The average molecular weight is 301 g/mol. The Morgan fingerprint density at radius 2 is 1.65 bits per heavy atom. The number of carbonyl (C=O) groups is 1. The average Bonchev–Trinajstić information content (AvgIpc) is 3.16. The maximum atomic E-state index is 11.9. The molecule has 2 aliphatic rings. The molecule has 0 radical (unpaired) electrons. The summed E-state index contributed by atoms with van der Waals surface area (Å²) in [5.74, 6) is 2.12. The molecule has 20 heavy (non-hydrogen) atoms. The van der Waals surface area contributed by atoms with Gasteiger partial charge in [0.2, 0.25) is 5.91 Å². The van der Waals surface area contributed by atoms with E-state index in [1.54, 1.807) is 20.8 Å². The van der Waals surface area contributed by atoms with Crippen molar-refractivity contribution in [2.45, 2.75) is 57.6 Å². The molecule has 2 rings (SSSR count). The van der Waals surface area contributed by atoms with Crippen LogP contribution in [0.2, 0.25) is 0 Å². The van der Waals surface area contributed by atoms with Crippen molar-refractivity contribution in [3.05, 3.63) is 0 Å². The predicted octanol–water partition coefficient (Wildman–Crippen LogP) is 2.14. The maximum Gasteiger partial charge on any atom is 0.220 e. The molecule has 0 spiro atoms. The molecule has 4 nitrogen and oxygen atoms in total. The molecule has 2 saturated carbocycles. The first kappa shape index (κ1) is 15.8. The van der Waals surface area contributed by atoms with Crippen LogP contribution in [0, 0.1) is 17.8 Å². The predicted molar refractivity (Wildman–Crippen MR) is 80.1 cm³/mol. The van der Waals surface area contributed by atoms with Crippen molar-refractivity contribution in [2.24, 2.45) is 17.8 Å². The zero-order valence-corrected chi connectivity index (χ0v) is 13.6. The molecule has 0 bridgehead atoms. The van der Waals surface area contributed by atoms with Crippen LogP contribution in [0.4, 0.5) is 0 Å². The molecule has 0 saturated heterocycles. The van der Waals surface area contributed by atoms with Crippen molar-refractivity contribution in [2.75, 3.05) is 12.3 Å². The summed E-state index contributed by atoms with van der Waals surface area (Å²) in [7, 11) is -3.14. The molecule has 0 aromatic carbocycles. The molecular formula is C15H27NO3S. The molecular weight excluding hydrogens is 274 g/mol. The standard InChI is InChI=1S/C15H27NO3S/c1-15(2,3)20(18,19)9-8-16-14(17)10-13(11-4-5-11)12-6-7-12/h11-13H,4-10H2,1-3H3,(H,16,17). The Balaban J connectivity index is 1.72. The third kappa shape index (κ3) is 4.21. The first-order valence-corrected chi connectivity index (χ1v) is 9.35. The van der Waals surface area contributed by atoms with Crippen molar-refractivity contribution in [1.29, 1.82) is 0 Å². The maximum absolute atomic E-state index is 11.9. The van der Waals surface area contributed by atoms with Crippen molar-refractivity contribution in [3.63, 3.8) is 0 Å². The summed E-state index contributed by atoms with van der Waals surface area (Å²) in [5, 5.41) is 2.79. The SMILES string of the molecule is CC(C)(C)S(=O)(=O)CCNC(=O)CC(C1CC1)C1CC1. The molecule has 2 fully saturated rings. The first-order chi connectivity index (χ1) is 9.21. The second-order valence-corrected chi connectivity index (χ2v) is 10.2. The van der Waals surface area contributed by atoms with Crippen LogP contribution in [0.15, 0.2) is 0 Å². The highest BCUT2D eigenvalue weighted by molar-refractivity contribution is 7.92. The van der Waals surface area contributed by atoms with Gasteiger partial charge in [-0.1, -0.05) is 0 Å². The van der Waals surface area contributed by atoms with E-state index in [9.17, 15) is 13.2 Å². The Morgan fingerprint density at radius 1 is 1.15 bits per heavy atom. The van der Waals surface area contributed by atoms with Crippen molar-refractivity contribution in [1.82, 2.24) is 5.32 Å². The van der Waals surface area contributed by atoms with E-state index in [0.717, 1.165) is 11.8 Å². The van der Waals surface area contributed by atoms with Gasteiger partial charge in [0.15, 0.2) is 9.84 Å². The summed E-state index contributed by atoms with van der Waals surface area (Å²) < 4.78 is 23.1. The van der Waals surface area contributed by atoms with E-state index in [1.165, 1.54) is 25.7 Å². The van der Waals surface area contributed by atoms with Gasteiger partial charge in [0.05, 0.1) is 10.5 Å². The van der Waals surface area contributed by atoms with Crippen molar-refractivity contribution < 1.29 is 13.2 Å². The van der Waals surface area contributed by atoms with Crippen LogP contribution >= 0.6 is 0 Å². The van der Waals surface area contributed by atoms with Crippen molar-refractivity contribution in [3.8, 4) is 0 Å². The normalized spacial score (nSPS) is 20.2. The minimum atomic E-state index is -3.14. The molecule has 2 aliphatic carbocycles. The molecule has 0 unspecified atom stereocenters. The zero-order valence-electron chi connectivity index (χ0n) is 12.8. The van der Waals surface area contributed by atoms with Crippen LogP contribution in [-0.4, -0.2) is 31.4 Å². The third-order valence-electron chi connectivity index (χ3n) is 4.50. The number of amides is 1. The first-order valence-electron chi connectivity index (χ1n) is 7.70. The van der Waals surface area contributed by atoms with Crippen LogP contribution in [0.5, 0.6) is 0 Å². The second-order valence-electron chi connectivity index (χ2n) is 7.32. The zero-order chi connectivity index (χ0) is 15.0. The summed E-state index contributed by atoms with van der Waals surface area (Å²) in [5.41, 5.74) is 0. The quantitative estimate of drug-likeness (QED) is 0.783. The lowest BCUT2D eigenvalue weighted by atomic mass is 9.94. The highest BCUT2D eigenvalue weighted by Crippen LogP contribution is 2.50. The summed E-state index contributed by atoms with van der Waals surface area (Å²) >= 11 is 0. The number of sulfone groups is 1. The second kappa shape index (κ2) is 5.66. The lowest BCUT2D eigenvalue weighted by Gasteiger charge is -2.19. The molecule has 0 atom stereocenters. The monoisotopic (exact) mass is 301 g/mol. The van der Waals surface area contributed by atoms with Gasteiger partial charge in [-0.05, 0) is 64.2 Å². The largest absolute Gasteiger partial charge is 0.355 e. The molecule has 0 aromatic rings. The van der Waals surface area contributed by atoms with Gasteiger partial charge in [-0.3, -0.25) is 4.79 Å². The molecule has 0 heterocycles. The molecule has 116 valence electrons. The Labute approximate surface area is 122 Å². The fourth-order valence-electron chi connectivity index (χ4n) is 2.68. The van der Waals surface area contributed by atoms with E-state index in [1.807, 2.05) is 0 Å². The van der Waals surface area contributed by atoms with Gasteiger partial charge in [0, 0.05) is 13.0 Å². The molecule has 1 N–H and O–H groups in total. The highest BCUT2D eigenvalue weighted by Gasteiger charge is 2.42. The van der Waals surface area contributed by atoms with Crippen LogP contribution in [0.25, 0.3) is 0 Å². The smallest absolute Gasteiger partial charge is 0.220 e. The summed E-state index contributed by atoms with van der Waals surface area (Å²) in [4.78, 5) is 11.9. The van der Waals surface area contributed by atoms with Crippen LogP contribution in [-0.2, 0) is 14.6 Å². The van der Waals surface area contributed by atoms with Crippen LogP contribution in [0.3, 0.4) is 0 Å². The fourth-order valence-corrected chi connectivity index (χ4v) is 3.67. The lowest BCUT2D eigenvalue weighted by Crippen LogP contribution is -2.37.